The van der Waals surface area contributed by atoms with Gasteiger partial charge in [0.05, 0.1) is 19.8 Å². The second-order valence-electron chi connectivity index (χ2n) is 2.56. The van der Waals surface area contributed by atoms with Gasteiger partial charge in [-0.15, -0.1) is 0 Å². The molecule has 0 atom stereocenters. The Morgan fingerprint density at radius 3 is 1.93 bits per heavy atom. The zero-order valence-electron chi connectivity index (χ0n) is 8.83. The van der Waals surface area contributed by atoms with Crippen LogP contribution in [-0.4, -0.2) is 30.4 Å². The van der Waals surface area contributed by atoms with Crippen molar-refractivity contribution in [3.63, 3.8) is 0 Å². The maximum Gasteiger partial charge on any atom is 0.224 e. The molecule has 0 radical (unpaired) electrons. The highest BCUT2D eigenvalue weighted by molar-refractivity contribution is 7.98. The van der Waals surface area contributed by atoms with E-state index in [1.54, 1.807) is 14.2 Å². The van der Waals surface area contributed by atoms with E-state index in [9.17, 15) is 0 Å². The molecular weight excluding hydrogens is 200 g/mol. The molecule has 0 saturated carbocycles. The third kappa shape index (κ3) is 2.09. The molecule has 0 unspecified atom stereocenters. The van der Waals surface area contributed by atoms with E-state index in [1.807, 2.05) is 13.2 Å². The van der Waals surface area contributed by atoms with Crippen molar-refractivity contribution in [3.05, 3.63) is 5.56 Å². The van der Waals surface area contributed by atoms with E-state index in [4.69, 9.17) is 9.47 Å². The first-order valence-corrected chi connectivity index (χ1v) is 5.52. The lowest BCUT2D eigenvalue weighted by molar-refractivity contribution is 0.355. The summed E-state index contributed by atoms with van der Waals surface area (Å²) in [7, 11) is 3.20. The molecule has 0 spiro atoms. The van der Waals surface area contributed by atoms with Crippen molar-refractivity contribution in [3.8, 4) is 11.8 Å². The molecule has 1 heterocycles. The first-order valence-electron chi connectivity index (χ1n) is 4.29. The third-order valence-electron chi connectivity index (χ3n) is 1.83. The van der Waals surface area contributed by atoms with Gasteiger partial charge >= 0.3 is 0 Å². The summed E-state index contributed by atoms with van der Waals surface area (Å²) in [4.78, 5) is 8.48. The molecule has 0 fully saturated rings. The van der Waals surface area contributed by atoms with Crippen molar-refractivity contribution in [1.29, 1.82) is 0 Å². The molecule has 1 aromatic heterocycles. The fraction of sp³-hybridized carbons (Fsp3) is 0.556. The monoisotopic (exact) mass is 214 g/mol. The fourth-order valence-electron chi connectivity index (χ4n) is 1.16. The lowest BCUT2D eigenvalue weighted by Gasteiger charge is -2.10. The summed E-state index contributed by atoms with van der Waals surface area (Å²) in [5.41, 5.74) is 0.910. The smallest absolute Gasteiger partial charge is 0.224 e. The van der Waals surface area contributed by atoms with Crippen molar-refractivity contribution in [1.82, 2.24) is 9.97 Å². The summed E-state index contributed by atoms with van der Waals surface area (Å²) >= 11 is 1.46. The SMILES string of the molecule is CCc1c(OC)nc(SC)nc1OC. The van der Waals surface area contributed by atoms with Crippen molar-refractivity contribution in [2.75, 3.05) is 20.5 Å². The lowest BCUT2D eigenvalue weighted by atomic mass is 10.2. The number of hydrogen-bond donors (Lipinski definition) is 0. The Labute approximate surface area is 88.0 Å². The van der Waals surface area contributed by atoms with Gasteiger partial charge < -0.3 is 9.47 Å². The molecule has 0 amide bonds. The topological polar surface area (TPSA) is 44.2 Å². The van der Waals surface area contributed by atoms with E-state index in [1.165, 1.54) is 11.8 Å². The van der Waals surface area contributed by atoms with Gasteiger partial charge in [0.15, 0.2) is 5.16 Å². The Balaban J connectivity index is 3.24. The number of thioether (sulfide) groups is 1. The quantitative estimate of drug-likeness (QED) is 0.564. The zero-order chi connectivity index (χ0) is 10.6. The number of rotatable bonds is 4. The van der Waals surface area contributed by atoms with Crippen LogP contribution in [0.2, 0.25) is 0 Å². The first-order chi connectivity index (χ1) is 6.76. The highest BCUT2D eigenvalue weighted by Gasteiger charge is 2.13. The average Bonchev–Trinajstić information content (AvgIpc) is 2.26. The van der Waals surface area contributed by atoms with E-state index < -0.39 is 0 Å². The minimum absolute atomic E-state index is 0.601. The van der Waals surface area contributed by atoms with E-state index in [2.05, 4.69) is 9.97 Å². The summed E-state index contributed by atoms with van der Waals surface area (Å²) in [6.07, 6.45) is 2.71. The standard InChI is InChI=1S/C9H14N2O2S/c1-5-6-7(12-2)10-9(14-4)11-8(6)13-3/h5H2,1-4H3. The number of aromatic nitrogens is 2. The predicted octanol–water partition coefficient (Wildman–Crippen LogP) is 1.78. The molecule has 0 saturated heterocycles. The second kappa shape index (κ2) is 5.05. The van der Waals surface area contributed by atoms with Crippen LogP contribution in [0.3, 0.4) is 0 Å². The molecular formula is C9H14N2O2S. The summed E-state index contributed by atoms with van der Waals surface area (Å²) in [5.74, 6) is 1.20. The lowest BCUT2D eigenvalue weighted by Crippen LogP contribution is -2.02. The Kier molecular flexibility index (Phi) is 4.00. The van der Waals surface area contributed by atoms with Crippen molar-refractivity contribution < 1.29 is 9.47 Å². The maximum absolute atomic E-state index is 5.18. The van der Waals surface area contributed by atoms with Gasteiger partial charge in [0.2, 0.25) is 11.8 Å². The largest absolute Gasteiger partial charge is 0.481 e. The minimum atomic E-state index is 0.601. The Hall–Kier alpha value is -0.970. The zero-order valence-corrected chi connectivity index (χ0v) is 9.64. The van der Waals surface area contributed by atoms with Crippen LogP contribution in [0.25, 0.3) is 0 Å². The maximum atomic E-state index is 5.18. The van der Waals surface area contributed by atoms with Crippen LogP contribution in [-0.2, 0) is 6.42 Å². The van der Waals surface area contributed by atoms with Crippen LogP contribution in [0.1, 0.15) is 12.5 Å². The molecule has 4 nitrogen and oxygen atoms in total. The summed E-state index contributed by atoms with van der Waals surface area (Å²) in [6.45, 7) is 2.02. The van der Waals surface area contributed by atoms with Gasteiger partial charge in [-0.2, -0.15) is 9.97 Å². The van der Waals surface area contributed by atoms with Crippen LogP contribution < -0.4 is 9.47 Å². The molecule has 0 aliphatic carbocycles. The van der Waals surface area contributed by atoms with E-state index in [-0.39, 0.29) is 0 Å². The van der Waals surface area contributed by atoms with E-state index >= 15 is 0 Å². The molecule has 5 heteroatoms. The highest BCUT2D eigenvalue weighted by Crippen LogP contribution is 2.27. The van der Waals surface area contributed by atoms with Gasteiger partial charge in [-0.3, -0.25) is 0 Å². The molecule has 0 aliphatic rings. The van der Waals surface area contributed by atoms with Crippen molar-refractivity contribution in [2.45, 2.75) is 18.5 Å². The molecule has 1 aromatic rings. The van der Waals surface area contributed by atoms with Gasteiger partial charge in [-0.1, -0.05) is 18.7 Å². The number of ether oxygens (including phenoxy) is 2. The summed E-state index contributed by atoms with van der Waals surface area (Å²) in [5, 5.41) is 0.663. The van der Waals surface area contributed by atoms with E-state index in [0.29, 0.717) is 16.9 Å². The fourth-order valence-corrected chi connectivity index (χ4v) is 1.50. The van der Waals surface area contributed by atoms with Gasteiger partial charge in [-0.25, -0.2) is 0 Å². The highest BCUT2D eigenvalue weighted by atomic mass is 32.2. The Morgan fingerprint density at radius 1 is 1.14 bits per heavy atom. The van der Waals surface area contributed by atoms with E-state index in [0.717, 1.165) is 12.0 Å². The predicted molar refractivity (Wildman–Crippen MR) is 56.3 cm³/mol. The minimum Gasteiger partial charge on any atom is -0.481 e. The molecule has 0 aliphatic heterocycles. The average molecular weight is 214 g/mol. The van der Waals surface area contributed by atoms with Crippen LogP contribution >= 0.6 is 11.8 Å². The van der Waals surface area contributed by atoms with Crippen LogP contribution in [0, 0.1) is 0 Å². The molecule has 1 rings (SSSR count). The van der Waals surface area contributed by atoms with Gasteiger partial charge in [0, 0.05) is 0 Å². The van der Waals surface area contributed by atoms with Gasteiger partial charge in [-0.05, 0) is 12.7 Å². The summed E-state index contributed by atoms with van der Waals surface area (Å²) < 4.78 is 10.4. The van der Waals surface area contributed by atoms with Crippen LogP contribution in [0.5, 0.6) is 11.8 Å². The summed E-state index contributed by atoms with van der Waals surface area (Å²) in [6, 6.07) is 0. The molecule has 78 valence electrons. The molecule has 0 N–H and O–H groups in total. The number of nitrogens with zero attached hydrogens (tertiary/aromatic N) is 2. The van der Waals surface area contributed by atoms with Gasteiger partial charge in [0.25, 0.3) is 0 Å². The van der Waals surface area contributed by atoms with Crippen LogP contribution in [0.4, 0.5) is 0 Å². The third-order valence-corrected chi connectivity index (χ3v) is 2.38. The van der Waals surface area contributed by atoms with Crippen molar-refractivity contribution in [2.24, 2.45) is 0 Å². The number of methoxy groups -OCH3 is 2. The second-order valence-corrected chi connectivity index (χ2v) is 3.33. The Bertz CT molecular complexity index is 293. The number of hydrogen-bond acceptors (Lipinski definition) is 5. The molecule has 0 bridgehead atoms. The first kappa shape index (κ1) is 11.1. The normalized spacial score (nSPS) is 10.0. The van der Waals surface area contributed by atoms with Gasteiger partial charge in [0.1, 0.15) is 0 Å². The Morgan fingerprint density at radius 2 is 1.64 bits per heavy atom. The molecule has 0 aromatic carbocycles. The van der Waals surface area contributed by atoms with Crippen LogP contribution in [0.15, 0.2) is 5.16 Å². The van der Waals surface area contributed by atoms with Crippen molar-refractivity contribution >= 4 is 11.8 Å². The molecule has 14 heavy (non-hydrogen) atoms.